The van der Waals surface area contributed by atoms with Gasteiger partial charge in [-0.25, -0.2) is 13.1 Å². The third kappa shape index (κ3) is 4.80. The maximum Gasteiger partial charge on any atom is 0.255 e. The van der Waals surface area contributed by atoms with Gasteiger partial charge in [-0.3, -0.25) is 4.79 Å². The number of carbonyl (C=O) groups excluding carboxylic acids is 1. The van der Waals surface area contributed by atoms with Gasteiger partial charge in [0.05, 0.1) is 4.90 Å². The smallest absolute Gasteiger partial charge is 0.255 e. The summed E-state index contributed by atoms with van der Waals surface area (Å²) in [5, 5.41) is 0.485. The van der Waals surface area contributed by atoms with Crippen LogP contribution in [0.15, 0.2) is 47.4 Å². The fourth-order valence-electron chi connectivity index (χ4n) is 3.32. The predicted octanol–water partition coefficient (Wildman–Crippen LogP) is 2.60. The normalized spacial score (nSPS) is 16.6. The van der Waals surface area contributed by atoms with Gasteiger partial charge in [0.25, 0.3) is 5.91 Å². The Balaban J connectivity index is 1.75. The number of halogens is 1. The topological polar surface area (TPSA) is 98.5 Å². The summed E-state index contributed by atoms with van der Waals surface area (Å²) >= 11 is 5.82. The van der Waals surface area contributed by atoms with Gasteiger partial charge in [-0.05, 0) is 66.6 Å². The fourth-order valence-corrected chi connectivity index (χ4v) is 4.52. The third-order valence-corrected chi connectivity index (χ3v) is 6.29. The van der Waals surface area contributed by atoms with E-state index < -0.39 is 15.9 Å². The number of ether oxygens (including phenoxy) is 1. The van der Waals surface area contributed by atoms with E-state index in [1.807, 2.05) is 18.2 Å². The van der Waals surface area contributed by atoms with Crippen LogP contribution in [0.4, 0.5) is 0 Å². The lowest BCUT2D eigenvalue weighted by Crippen LogP contribution is -2.30. The molecular formula is C19H21ClN2O4S. The molecule has 2 aromatic carbocycles. The minimum atomic E-state index is -3.61. The first-order chi connectivity index (χ1) is 12.9. The predicted molar refractivity (Wildman–Crippen MR) is 103 cm³/mol. The van der Waals surface area contributed by atoms with Gasteiger partial charge in [0.2, 0.25) is 10.0 Å². The molecule has 0 saturated heterocycles. The Morgan fingerprint density at radius 3 is 2.67 bits per heavy atom. The molecule has 6 nitrogen and oxygen atoms in total. The van der Waals surface area contributed by atoms with Gasteiger partial charge in [-0.1, -0.05) is 23.7 Å². The van der Waals surface area contributed by atoms with Crippen molar-refractivity contribution in [2.45, 2.75) is 30.1 Å². The second-order valence-corrected chi connectivity index (χ2v) is 8.68. The lowest BCUT2D eigenvalue weighted by molar-refractivity contribution is -0.119. The first-order valence-corrected chi connectivity index (χ1v) is 10.5. The second kappa shape index (κ2) is 8.29. The van der Waals surface area contributed by atoms with Gasteiger partial charge < -0.3 is 10.5 Å². The van der Waals surface area contributed by atoms with E-state index in [0.29, 0.717) is 10.8 Å². The molecule has 1 atom stereocenters. The summed E-state index contributed by atoms with van der Waals surface area (Å²) in [5.74, 6) is 0.139. The summed E-state index contributed by atoms with van der Waals surface area (Å²) in [6, 6.07) is 11.7. The molecule has 27 heavy (non-hydrogen) atoms. The van der Waals surface area contributed by atoms with Crippen molar-refractivity contribution in [3.8, 4) is 5.75 Å². The van der Waals surface area contributed by atoms with Crippen LogP contribution in [-0.2, 0) is 21.2 Å². The molecule has 3 N–H and O–H groups in total. The Hall–Kier alpha value is -2.09. The summed E-state index contributed by atoms with van der Waals surface area (Å²) < 4.78 is 33.2. The van der Waals surface area contributed by atoms with Gasteiger partial charge in [0.1, 0.15) is 5.75 Å². The number of carbonyl (C=O) groups is 1. The first kappa shape index (κ1) is 19.7. The van der Waals surface area contributed by atoms with Crippen molar-refractivity contribution in [3.63, 3.8) is 0 Å². The van der Waals surface area contributed by atoms with Crippen LogP contribution in [0.3, 0.4) is 0 Å². The van der Waals surface area contributed by atoms with Crippen LogP contribution < -0.4 is 15.2 Å². The number of nitrogens with one attached hydrogen (secondary N) is 1. The Morgan fingerprint density at radius 1 is 1.22 bits per heavy atom. The molecule has 8 heteroatoms. The highest BCUT2D eigenvalue weighted by Gasteiger charge is 2.25. The second-order valence-electron chi connectivity index (χ2n) is 6.47. The minimum absolute atomic E-state index is 0.0351. The van der Waals surface area contributed by atoms with Gasteiger partial charge in [0.15, 0.2) is 6.61 Å². The van der Waals surface area contributed by atoms with Crippen molar-refractivity contribution in [1.29, 1.82) is 0 Å². The molecule has 0 heterocycles. The van der Waals surface area contributed by atoms with E-state index in [2.05, 4.69) is 4.72 Å². The van der Waals surface area contributed by atoms with Gasteiger partial charge in [-0.15, -0.1) is 0 Å². The molecule has 0 saturated carbocycles. The van der Waals surface area contributed by atoms with Gasteiger partial charge in [0, 0.05) is 11.6 Å². The Morgan fingerprint density at radius 2 is 1.96 bits per heavy atom. The Labute approximate surface area is 163 Å². The van der Waals surface area contributed by atoms with Crippen LogP contribution in [0.5, 0.6) is 5.75 Å². The number of fused-ring (bicyclic) bond motifs is 1. The third-order valence-electron chi connectivity index (χ3n) is 4.60. The lowest BCUT2D eigenvalue weighted by atomic mass is 9.82. The SMILES string of the molecule is NC(=O)COc1cccc2c1CCCC2CNS(=O)(=O)c1ccc(Cl)cc1. The number of rotatable bonds is 7. The Bertz CT molecular complexity index is 929. The molecule has 0 spiro atoms. The van der Waals surface area contributed by atoms with Crippen molar-refractivity contribution in [2.24, 2.45) is 5.73 Å². The molecular weight excluding hydrogens is 388 g/mol. The molecule has 1 unspecified atom stereocenters. The molecule has 0 aliphatic heterocycles. The zero-order valence-corrected chi connectivity index (χ0v) is 16.2. The van der Waals surface area contributed by atoms with Crippen LogP contribution in [0, 0.1) is 0 Å². The van der Waals surface area contributed by atoms with E-state index in [1.165, 1.54) is 12.1 Å². The van der Waals surface area contributed by atoms with Crippen molar-refractivity contribution in [1.82, 2.24) is 4.72 Å². The number of hydrogen-bond acceptors (Lipinski definition) is 4. The average Bonchev–Trinajstić information content (AvgIpc) is 2.65. The summed E-state index contributed by atoms with van der Waals surface area (Å²) in [5.41, 5.74) is 7.21. The highest BCUT2D eigenvalue weighted by Crippen LogP contribution is 2.36. The summed E-state index contributed by atoms with van der Waals surface area (Å²) in [4.78, 5) is 11.2. The molecule has 144 valence electrons. The molecule has 3 rings (SSSR count). The molecule has 0 bridgehead atoms. The number of nitrogens with two attached hydrogens (primary N) is 1. The van der Waals surface area contributed by atoms with E-state index in [0.717, 1.165) is 30.4 Å². The Kier molecular flexibility index (Phi) is 6.04. The first-order valence-electron chi connectivity index (χ1n) is 8.65. The lowest BCUT2D eigenvalue weighted by Gasteiger charge is -2.27. The highest BCUT2D eigenvalue weighted by atomic mass is 35.5. The average molecular weight is 409 g/mol. The summed E-state index contributed by atoms with van der Waals surface area (Å²) in [6.45, 7) is 0.113. The van der Waals surface area contributed by atoms with Crippen LogP contribution in [-0.4, -0.2) is 27.5 Å². The quantitative estimate of drug-likeness (QED) is 0.735. The zero-order valence-electron chi connectivity index (χ0n) is 14.7. The summed E-state index contributed by atoms with van der Waals surface area (Å²) in [6.07, 6.45) is 2.61. The maximum absolute atomic E-state index is 12.5. The monoisotopic (exact) mass is 408 g/mol. The number of amides is 1. The van der Waals surface area contributed by atoms with Crippen molar-refractivity contribution in [3.05, 3.63) is 58.6 Å². The zero-order chi connectivity index (χ0) is 19.4. The number of primary amides is 1. The van der Waals surface area contributed by atoms with Crippen LogP contribution in [0.1, 0.15) is 29.9 Å². The molecule has 0 radical (unpaired) electrons. The van der Waals surface area contributed by atoms with E-state index in [-0.39, 0.29) is 24.0 Å². The van der Waals surface area contributed by atoms with Gasteiger partial charge in [-0.2, -0.15) is 0 Å². The van der Waals surface area contributed by atoms with Crippen molar-refractivity contribution < 1.29 is 17.9 Å². The molecule has 0 fully saturated rings. The molecule has 1 amide bonds. The van der Waals surface area contributed by atoms with Crippen molar-refractivity contribution >= 4 is 27.5 Å². The number of hydrogen-bond donors (Lipinski definition) is 2. The highest BCUT2D eigenvalue weighted by molar-refractivity contribution is 7.89. The van der Waals surface area contributed by atoms with E-state index in [4.69, 9.17) is 22.1 Å². The summed E-state index contributed by atoms with van der Waals surface area (Å²) in [7, 11) is -3.61. The maximum atomic E-state index is 12.5. The molecule has 1 aliphatic rings. The fraction of sp³-hybridized carbons (Fsp3) is 0.316. The van der Waals surface area contributed by atoms with Gasteiger partial charge >= 0.3 is 0 Å². The molecule has 0 aromatic heterocycles. The van der Waals surface area contributed by atoms with E-state index >= 15 is 0 Å². The standard InChI is InChI=1S/C19H21ClN2O4S/c20-14-7-9-15(10-8-14)27(24,25)22-11-13-3-1-5-17-16(13)4-2-6-18(17)26-12-19(21)23/h2,4,6-10,13,22H,1,3,5,11-12H2,(H2,21,23). The molecule has 1 aliphatic carbocycles. The van der Waals surface area contributed by atoms with E-state index in [9.17, 15) is 13.2 Å². The number of benzene rings is 2. The van der Waals surface area contributed by atoms with E-state index in [1.54, 1.807) is 12.1 Å². The van der Waals surface area contributed by atoms with Crippen LogP contribution >= 0.6 is 11.6 Å². The van der Waals surface area contributed by atoms with Crippen LogP contribution in [0.2, 0.25) is 5.02 Å². The minimum Gasteiger partial charge on any atom is -0.483 e. The largest absolute Gasteiger partial charge is 0.483 e. The molecule has 2 aromatic rings. The number of sulfonamides is 1. The van der Waals surface area contributed by atoms with Crippen molar-refractivity contribution in [2.75, 3.05) is 13.2 Å². The van der Waals surface area contributed by atoms with Crippen LogP contribution in [0.25, 0.3) is 0 Å².